The molecule has 0 spiro atoms. The highest BCUT2D eigenvalue weighted by Gasteiger charge is 2.22. The summed E-state index contributed by atoms with van der Waals surface area (Å²) in [6.45, 7) is 7.10. The number of methoxy groups -OCH3 is 1. The van der Waals surface area contributed by atoms with Gasteiger partial charge in [-0.3, -0.25) is 4.79 Å². The molecule has 0 saturated heterocycles. The van der Waals surface area contributed by atoms with E-state index in [1.54, 1.807) is 11.0 Å². The summed E-state index contributed by atoms with van der Waals surface area (Å²) in [6, 6.07) is 4.47. The van der Waals surface area contributed by atoms with Crippen molar-refractivity contribution in [2.24, 2.45) is 0 Å². The minimum Gasteiger partial charge on any atom is -0.495 e. The molecule has 7 heteroatoms. The van der Waals surface area contributed by atoms with E-state index in [2.05, 4.69) is 4.72 Å². The third-order valence-electron chi connectivity index (χ3n) is 3.29. The molecule has 1 aromatic carbocycles. The van der Waals surface area contributed by atoms with Crippen molar-refractivity contribution >= 4 is 15.9 Å². The Hall–Kier alpha value is -1.60. The normalized spacial score (nSPS) is 11.3. The van der Waals surface area contributed by atoms with E-state index in [9.17, 15) is 13.2 Å². The average Bonchev–Trinajstić information content (AvgIpc) is 2.53. The molecule has 124 valence electrons. The molecule has 22 heavy (non-hydrogen) atoms. The fraction of sp³-hybridized carbons (Fsp3) is 0.533. The SMILES string of the molecule is CCCNS(=O)(=O)c1cc(C(=O)N(CC)CC)ccc1OC. The van der Waals surface area contributed by atoms with Crippen LogP contribution in [0.25, 0.3) is 0 Å². The maximum atomic E-state index is 12.4. The van der Waals surface area contributed by atoms with Crippen molar-refractivity contribution in [3.05, 3.63) is 23.8 Å². The van der Waals surface area contributed by atoms with Gasteiger partial charge in [0.1, 0.15) is 10.6 Å². The van der Waals surface area contributed by atoms with Crippen molar-refractivity contribution in [3.8, 4) is 5.75 Å². The van der Waals surface area contributed by atoms with Gasteiger partial charge in [0.15, 0.2) is 0 Å². The number of benzene rings is 1. The van der Waals surface area contributed by atoms with E-state index in [1.807, 2.05) is 20.8 Å². The first-order valence-electron chi connectivity index (χ1n) is 7.38. The summed E-state index contributed by atoms with van der Waals surface area (Å²) in [4.78, 5) is 14.0. The Kier molecular flexibility index (Phi) is 6.83. The van der Waals surface area contributed by atoms with Crippen molar-refractivity contribution < 1.29 is 17.9 Å². The Labute approximate surface area is 132 Å². The van der Waals surface area contributed by atoms with E-state index < -0.39 is 10.0 Å². The second-order valence-corrected chi connectivity index (χ2v) is 6.48. The van der Waals surface area contributed by atoms with E-state index in [0.717, 1.165) is 0 Å². The van der Waals surface area contributed by atoms with Crippen molar-refractivity contribution in [2.45, 2.75) is 32.1 Å². The van der Waals surface area contributed by atoms with Crippen LogP contribution >= 0.6 is 0 Å². The predicted octanol–water partition coefficient (Wildman–Crippen LogP) is 1.87. The van der Waals surface area contributed by atoms with E-state index in [1.165, 1.54) is 19.2 Å². The van der Waals surface area contributed by atoms with Crippen LogP contribution in [-0.2, 0) is 10.0 Å². The van der Waals surface area contributed by atoms with E-state index >= 15 is 0 Å². The van der Waals surface area contributed by atoms with E-state index in [-0.39, 0.29) is 16.6 Å². The molecule has 0 radical (unpaired) electrons. The van der Waals surface area contributed by atoms with Crippen LogP contribution in [0.5, 0.6) is 5.75 Å². The molecule has 0 fully saturated rings. The number of carbonyl (C=O) groups is 1. The molecular weight excluding hydrogens is 304 g/mol. The summed E-state index contributed by atoms with van der Waals surface area (Å²) in [5, 5.41) is 0. The number of ether oxygens (including phenoxy) is 1. The van der Waals surface area contributed by atoms with Crippen LogP contribution in [0, 0.1) is 0 Å². The molecule has 1 amide bonds. The number of hydrogen-bond donors (Lipinski definition) is 1. The number of sulfonamides is 1. The Morgan fingerprint density at radius 3 is 2.36 bits per heavy atom. The Morgan fingerprint density at radius 2 is 1.86 bits per heavy atom. The largest absolute Gasteiger partial charge is 0.495 e. The first-order chi connectivity index (χ1) is 10.4. The summed E-state index contributed by atoms with van der Waals surface area (Å²) < 4.78 is 32.3. The molecule has 0 unspecified atom stereocenters. The summed E-state index contributed by atoms with van der Waals surface area (Å²) >= 11 is 0. The first kappa shape index (κ1) is 18.4. The Bertz CT molecular complexity index is 610. The number of amides is 1. The lowest BCUT2D eigenvalue weighted by Gasteiger charge is -2.19. The third-order valence-corrected chi connectivity index (χ3v) is 4.78. The quantitative estimate of drug-likeness (QED) is 0.790. The van der Waals surface area contributed by atoms with Crippen LogP contribution in [0.4, 0.5) is 0 Å². The van der Waals surface area contributed by atoms with E-state index in [4.69, 9.17) is 4.74 Å². The zero-order chi connectivity index (χ0) is 16.8. The molecule has 0 aliphatic heterocycles. The standard InChI is InChI=1S/C15H24N2O4S/c1-5-10-16-22(19,20)14-11-12(8-9-13(14)21-4)15(18)17(6-2)7-3/h8-9,11,16H,5-7,10H2,1-4H3. The molecule has 1 rings (SSSR count). The van der Waals surface area contributed by atoms with Crippen molar-refractivity contribution in [1.82, 2.24) is 9.62 Å². The molecule has 0 saturated carbocycles. The van der Waals surface area contributed by atoms with Gasteiger partial charge in [0.25, 0.3) is 5.91 Å². The van der Waals surface area contributed by atoms with Gasteiger partial charge in [0.05, 0.1) is 7.11 Å². The van der Waals surface area contributed by atoms with Crippen LogP contribution < -0.4 is 9.46 Å². The molecule has 1 aromatic rings. The second kappa shape index (κ2) is 8.14. The highest BCUT2D eigenvalue weighted by molar-refractivity contribution is 7.89. The minimum absolute atomic E-state index is 0.0125. The van der Waals surface area contributed by atoms with Gasteiger partial charge in [-0.25, -0.2) is 13.1 Å². The van der Waals surface area contributed by atoms with Crippen LogP contribution in [0.15, 0.2) is 23.1 Å². The van der Waals surface area contributed by atoms with Crippen LogP contribution in [0.1, 0.15) is 37.6 Å². The van der Waals surface area contributed by atoms with Crippen molar-refractivity contribution in [2.75, 3.05) is 26.7 Å². The number of hydrogen-bond acceptors (Lipinski definition) is 4. The predicted molar refractivity (Wildman–Crippen MR) is 85.7 cm³/mol. The van der Waals surface area contributed by atoms with Crippen molar-refractivity contribution in [3.63, 3.8) is 0 Å². The number of rotatable bonds is 8. The van der Waals surface area contributed by atoms with Gasteiger partial charge in [-0.05, 0) is 38.5 Å². The van der Waals surface area contributed by atoms with Gasteiger partial charge in [-0.1, -0.05) is 6.92 Å². The molecular formula is C15H24N2O4S. The lowest BCUT2D eigenvalue weighted by molar-refractivity contribution is 0.0772. The zero-order valence-corrected chi connectivity index (χ0v) is 14.4. The molecule has 0 bridgehead atoms. The molecule has 0 aromatic heterocycles. The Balaban J connectivity index is 3.27. The van der Waals surface area contributed by atoms with Crippen LogP contribution in [-0.4, -0.2) is 46.0 Å². The summed E-state index contributed by atoms with van der Waals surface area (Å²) in [5.74, 6) is 0.0271. The Morgan fingerprint density at radius 1 is 1.23 bits per heavy atom. The maximum absolute atomic E-state index is 12.4. The highest BCUT2D eigenvalue weighted by atomic mass is 32.2. The molecule has 6 nitrogen and oxygen atoms in total. The fourth-order valence-corrected chi connectivity index (χ4v) is 3.35. The molecule has 1 N–H and O–H groups in total. The van der Waals surface area contributed by atoms with Gasteiger partial charge in [0, 0.05) is 25.2 Å². The molecule has 0 aliphatic carbocycles. The number of nitrogens with one attached hydrogen (secondary N) is 1. The minimum atomic E-state index is -3.71. The fourth-order valence-electron chi connectivity index (χ4n) is 2.03. The van der Waals surface area contributed by atoms with Gasteiger partial charge in [-0.2, -0.15) is 0 Å². The molecule has 0 aliphatic rings. The van der Waals surface area contributed by atoms with Gasteiger partial charge in [-0.15, -0.1) is 0 Å². The van der Waals surface area contributed by atoms with Crippen LogP contribution in [0.3, 0.4) is 0 Å². The van der Waals surface area contributed by atoms with E-state index in [0.29, 0.717) is 31.6 Å². The average molecular weight is 328 g/mol. The zero-order valence-electron chi connectivity index (χ0n) is 13.5. The smallest absolute Gasteiger partial charge is 0.253 e. The third kappa shape index (κ3) is 4.20. The monoisotopic (exact) mass is 328 g/mol. The van der Waals surface area contributed by atoms with Crippen LogP contribution in [0.2, 0.25) is 0 Å². The van der Waals surface area contributed by atoms with Gasteiger partial charge in [0.2, 0.25) is 10.0 Å². The van der Waals surface area contributed by atoms with Gasteiger partial charge < -0.3 is 9.64 Å². The lowest BCUT2D eigenvalue weighted by atomic mass is 10.2. The second-order valence-electron chi connectivity index (χ2n) is 4.74. The molecule has 0 heterocycles. The summed E-state index contributed by atoms with van der Waals surface area (Å²) in [6.07, 6.45) is 0.680. The molecule has 0 atom stereocenters. The topological polar surface area (TPSA) is 75.7 Å². The van der Waals surface area contributed by atoms with Gasteiger partial charge >= 0.3 is 0 Å². The summed E-state index contributed by atoms with van der Waals surface area (Å²) in [5.41, 5.74) is 0.335. The number of nitrogens with zero attached hydrogens (tertiary/aromatic N) is 1. The summed E-state index contributed by atoms with van der Waals surface area (Å²) in [7, 11) is -2.30. The maximum Gasteiger partial charge on any atom is 0.253 e. The van der Waals surface area contributed by atoms with Crippen molar-refractivity contribution in [1.29, 1.82) is 0 Å². The first-order valence-corrected chi connectivity index (χ1v) is 8.86. The number of carbonyl (C=O) groups excluding carboxylic acids is 1. The lowest BCUT2D eigenvalue weighted by Crippen LogP contribution is -2.31. The highest BCUT2D eigenvalue weighted by Crippen LogP contribution is 2.25.